The zero-order chi connectivity index (χ0) is 18.6. The smallest absolute Gasteiger partial charge is 0.340 e. The Bertz CT molecular complexity index is 876. The number of nitrogens with one attached hydrogen (secondary N) is 2. The molecule has 3 rings (SSSR count). The van der Waals surface area contributed by atoms with Crippen LogP contribution in [0.4, 0.5) is 36.3 Å². The van der Waals surface area contributed by atoms with Crippen molar-refractivity contribution in [2.75, 3.05) is 10.6 Å². The van der Waals surface area contributed by atoms with Crippen molar-refractivity contribution in [3.8, 4) is 0 Å². The number of nitrogens with zero attached hydrogens (tertiary/aromatic N) is 2. The molecule has 0 atom stereocenters. The average molecular weight is 358 g/mol. The van der Waals surface area contributed by atoms with Gasteiger partial charge in [-0.25, -0.2) is 4.98 Å². The fourth-order valence-corrected chi connectivity index (χ4v) is 2.36. The van der Waals surface area contributed by atoms with E-state index >= 15 is 0 Å². The summed E-state index contributed by atoms with van der Waals surface area (Å²) >= 11 is 0. The fraction of sp³-hybridized carbons (Fsp3) is 0.158. The van der Waals surface area contributed by atoms with E-state index in [4.69, 9.17) is 0 Å². The molecule has 0 radical (unpaired) electrons. The van der Waals surface area contributed by atoms with Crippen molar-refractivity contribution in [1.82, 2.24) is 9.97 Å². The lowest BCUT2D eigenvalue weighted by atomic mass is 10.1. The van der Waals surface area contributed by atoms with Crippen LogP contribution >= 0.6 is 0 Å². The number of aryl methyl sites for hydroxylation is 1. The third kappa shape index (κ3) is 4.50. The number of halogens is 3. The number of alkyl halides is 3. The quantitative estimate of drug-likeness (QED) is 0.628. The molecule has 1 heterocycles. The third-order valence-electron chi connectivity index (χ3n) is 3.74. The van der Waals surface area contributed by atoms with Crippen LogP contribution in [0, 0.1) is 0 Å². The van der Waals surface area contributed by atoms with E-state index in [2.05, 4.69) is 27.5 Å². The summed E-state index contributed by atoms with van der Waals surface area (Å²) in [5.41, 5.74) is 1.63. The molecule has 4 nitrogen and oxygen atoms in total. The van der Waals surface area contributed by atoms with Gasteiger partial charge in [0.2, 0.25) is 5.95 Å². The maximum atomic E-state index is 12.8. The first-order valence-corrected chi connectivity index (χ1v) is 8.07. The molecule has 0 bridgehead atoms. The maximum absolute atomic E-state index is 12.8. The summed E-state index contributed by atoms with van der Waals surface area (Å²) in [5.74, 6) is 0.748. The Morgan fingerprint density at radius 3 is 2.38 bits per heavy atom. The molecule has 7 heteroatoms. The lowest BCUT2D eigenvalue weighted by Crippen LogP contribution is -2.06. The van der Waals surface area contributed by atoms with Gasteiger partial charge in [-0.05, 0) is 48.4 Å². The van der Waals surface area contributed by atoms with E-state index in [9.17, 15) is 13.2 Å². The molecular weight excluding hydrogens is 341 g/mol. The second-order valence-corrected chi connectivity index (χ2v) is 5.64. The molecule has 0 saturated heterocycles. The largest absolute Gasteiger partial charge is 0.416 e. The molecule has 0 spiro atoms. The first kappa shape index (κ1) is 17.7. The standard InChI is InChI=1S/C19H17F3N4/c1-2-13-6-8-15(9-7-13)24-17-10-11-23-18(26-17)25-16-5-3-4-14(12-16)19(20,21)22/h3-12H,2H2,1H3,(H2,23,24,25,26). The Kier molecular flexibility index (Phi) is 5.06. The minimum atomic E-state index is -4.40. The highest BCUT2D eigenvalue weighted by atomic mass is 19.4. The third-order valence-corrected chi connectivity index (χ3v) is 3.74. The van der Waals surface area contributed by atoms with Crippen molar-refractivity contribution < 1.29 is 13.2 Å². The topological polar surface area (TPSA) is 49.8 Å². The summed E-state index contributed by atoms with van der Waals surface area (Å²) in [6, 6.07) is 14.5. The molecule has 26 heavy (non-hydrogen) atoms. The lowest BCUT2D eigenvalue weighted by Gasteiger charge is -2.11. The molecule has 0 unspecified atom stereocenters. The minimum Gasteiger partial charge on any atom is -0.340 e. The SMILES string of the molecule is CCc1ccc(Nc2ccnc(Nc3cccc(C(F)(F)F)c3)n2)cc1. The molecule has 2 aromatic carbocycles. The van der Waals surface area contributed by atoms with E-state index in [1.807, 2.05) is 24.3 Å². The molecule has 3 aromatic rings. The zero-order valence-electron chi connectivity index (χ0n) is 14.0. The van der Waals surface area contributed by atoms with Crippen molar-refractivity contribution in [1.29, 1.82) is 0 Å². The van der Waals surface area contributed by atoms with Gasteiger partial charge in [0.1, 0.15) is 5.82 Å². The van der Waals surface area contributed by atoms with Gasteiger partial charge < -0.3 is 10.6 Å². The summed E-state index contributed by atoms with van der Waals surface area (Å²) in [6.45, 7) is 2.08. The molecule has 0 aliphatic carbocycles. The van der Waals surface area contributed by atoms with Crippen LogP contribution in [0.5, 0.6) is 0 Å². The molecule has 0 aliphatic rings. The van der Waals surface area contributed by atoms with E-state index in [-0.39, 0.29) is 11.6 Å². The highest BCUT2D eigenvalue weighted by molar-refractivity contribution is 5.60. The predicted molar refractivity (Wildman–Crippen MR) is 95.9 cm³/mol. The minimum absolute atomic E-state index is 0.208. The highest BCUT2D eigenvalue weighted by Crippen LogP contribution is 2.31. The van der Waals surface area contributed by atoms with Crippen LogP contribution in [0.1, 0.15) is 18.1 Å². The summed E-state index contributed by atoms with van der Waals surface area (Å²) < 4.78 is 38.4. The van der Waals surface area contributed by atoms with E-state index in [1.54, 1.807) is 6.07 Å². The monoisotopic (exact) mass is 358 g/mol. The van der Waals surface area contributed by atoms with Crippen LogP contribution in [-0.2, 0) is 12.6 Å². The lowest BCUT2D eigenvalue weighted by molar-refractivity contribution is -0.137. The van der Waals surface area contributed by atoms with Gasteiger partial charge in [-0.3, -0.25) is 0 Å². The highest BCUT2D eigenvalue weighted by Gasteiger charge is 2.30. The van der Waals surface area contributed by atoms with Gasteiger partial charge in [-0.1, -0.05) is 25.1 Å². The Balaban J connectivity index is 1.75. The summed E-state index contributed by atoms with van der Waals surface area (Å²) in [5, 5.41) is 5.94. The number of anilines is 4. The Morgan fingerprint density at radius 2 is 1.69 bits per heavy atom. The first-order chi connectivity index (χ1) is 12.4. The van der Waals surface area contributed by atoms with Gasteiger partial charge in [0.25, 0.3) is 0 Å². The summed E-state index contributed by atoms with van der Waals surface area (Å²) in [4.78, 5) is 8.34. The van der Waals surface area contributed by atoms with Gasteiger partial charge in [0.05, 0.1) is 5.56 Å². The van der Waals surface area contributed by atoms with E-state index in [0.29, 0.717) is 5.82 Å². The molecule has 0 amide bonds. The molecule has 0 aliphatic heterocycles. The van der Waals surface area contributed by atoms with Gasteiger partial charge in [-0.15, -0.1) is 0 Å². The van der Waals surface area contributed by atoms with Crippen LogP contribution in [0.15, 0.2) is 60.8 Å². The summed E-state index contributed by atoms with van der Waals surface area (Å²) in [6.07, 6.45) is -1.91. The second-order valence-electron chi connectivity index (χ2n) is 5.64. The van der Waals surface area contributed by atoms with Crippen molar-refractivity contribution in [3.05, 3.63) is 71.9 Å². The molecule has 1 aromatic heterocycles. The molecular formula is C19H17F3N4. The Hall–Kier alpha value is -3.09. The van der Waals surface area contributed by atoms with Crippen LogP contribution in [-0.4, -0.2) is 9.97 Å². The van der Waals surface area contributed by atoms with E-state index in [1.165, 1.54) is 23.9 Å². The number of hydrogen-bond donors (Lipinski definition) is 2. The molecule has 2 N–H and O–H groups in total. The van der Waals surface area contributed by atoms with E-state index < -0.39 is 11.7 Å². The summed E-state index contributed by atoms with van der Waals surface area (Å²) in [7, 11) is 0. The van der Waals surface area contributed by atoms with Crippen LogP contribution in [0.2, 0.25) is 0 Å². The number of benzene rings is 2. The van der Waals surface area contributed by atoms with E-state index in [0.717, 1.165) is 24.2 Å². The van der Waals surface area contributed by atoms with Crippen molar-refractivity contribution in [3.63, 3.8) is 0 Å². The van der Waals surface area contributed by atoms with Gasteiger partial charge in [0.15, 0.2) is 0 Å². The Morgan fingerprint density at radius 1 is 0.923 bits per heavy atom. The van der Waals surface area contributed by atoms with Crippen molar-refractivity contribution in [2.24, 2.45) is 0 Å². The average Bonchev–Trinajstić information content (AvgIpc) is 2.62. The molecule has 134 valence electrons. The van der Waals surface area contributed by atoms with Gasteiger partial charge in [0, 0.05) is 17.6 Å². The van der Waals surface area contributed by atoms with Gasteiger partial charge >= 0.3 is 6.18 Å². The van der Waals surface area contributed by atoms with Crippen LogP contribution in [0.25, 0.3) is 0 Å². The van der Waals surface area contributed by atoms with Crippen LogP contribution in [0.3, 0.4) is 0 Å². The van der Waals surface area contributed by atoms with Crippen LogP contribution < -0.4 is 10.6 Å². The first-order valence-electron chi connectivity index (χ1n) is 8.07. The number of rotatable bonds is 5. The zero-order valence-corrected chi connectivity index (χ0v) is 14.0. The number of aromatic nitrogens is 2. The van der Waals surface area contributed by atoms with Gasteiger partial charge in [-0.2, -0.15) is 18.2 Å². The molecule has 0 fully saturated rings. The van der Waals surface area contributed by atoms with Crippen molar-refractivity contribution >= 4 is 23.1 Å². The fourth-order valence-electron chi connectivity index (χ4n) is 2.36. The molecule has 0 saturated carbocycles. The predicted octanol–water partition coefficient (Wildman–Crippen LogP) is 5.55. The number of hydrogen-bond acceptors (Lipinski definition) is 4. The van der Waals surface area contributed by atoms with Crippen molar-refractivity contribution in [2.45, 2.75) is 19.5 Å². The maximum Gasteiger partial charge on any atom is 0.416 e. The Labute approximate surface area is 149 Å². The second kappa shape index (κ2) is 7.43. The normalized spacial score (nSPS) is 11.2.